The number of hydrogen-bond acceptors (Lipinski definition) is 5. The quantitative estimate of drug-likeness (QED) is 0.217. The van der Waals surface area contributed by atoms with Crippen LogP contribution in [0.15, 0.2) is 16.8 Å². The van der Waals surface area contributed by atoms with Gasteiger partial charge in [-0.05, 0) is 126 Å². The third-order valence-corrected chi connectivity index (χ3v) is 12.1. The van der Waals surface area contributed by atoms with E-state index >= 15 is 0 Å². The van der Waals surface area contributed by atoms with E-state index in [1.54, 1.807) is 0 Å². The summed E-state index contributed by atoms with van der Waals surface area (Å²) < 4.78 is 0. The highest BCUT2D eigenvalue weighted by Crippen LogP contribution is 2.66. The Bertz CT molecular complexity index is 1070. The van der Waals surface area contributed by atoms with Gasteiger partial charge in [-0.1, -0.05) is 38.4 Å². The predicted octanol–water partition coefficient (Wildman–Crippen LogP) is 7.53. The SMILES string of the molecule is C/C(=N\OC(=O)N(CCC1CC(C)(C)CN1)C(C)(C)C)[C@H]1CC[C@H]2[C@@H]3CCC4=CC(=O)CC[C@]4(C)[C@H]3CC[C@]12C. The van der Waals surface area contributed by atoms with Crippen LogP contribution in [0.3, 0.4) is 0 Å². The number of fused-ring (bicyclic) bond motifs is 5. The first-order valence-corrected chi connectivity index (χ1v) is 16.1. The molecular weight excluding hydrogens is 498 g/mol. The lowest BCUT2D eigenvalue weighted by atomic mass is 9.46. The van der Waals surface area contributed by atoms with Crippen molar-refractivity contribution in [2.24, 2.45) is 45.1 Å². The maximum absolute atomic E-state index is 13.3. The average molecular weight is 554 g/mol. The van der Waals surface area contributed by atoms with E-state index in [9.17, 15) is 9.59 Å². The summed E-state index contributed by atoms with van der Waals surface area (Å²) in [4.78, 5) is 33.1. The lowest BCUT2D eigenvalue weighted by Crippen LogP contribution is -2.51. The summed E-state index contributed by atoms with van der Waals surface area (Å²) in [6, 6.07) is 0.436. The zero-order chi connectivity index (χ0) is 29.1. The van der Waals surface area contributed by atoms with Crippen LogP contribution in [0.4, 0.5) is 4.79 Å². The van der Waals surface area contributed by atoms with Gasteiger partial charge in [-0.3, -0.25) is 9.63 Å². The van der Waals surface area contributed by atoms with Gasteiger partial charge in [-0.15, -0.1) is 0 Å². The number of carbonyl (C=O) groups is 2. The molecule has 0 radical (unpaired) electrons. The number of amides is 1. The van der Waals surface area contributed by atoms with Gasteiger partial charge in [0.15, 0.2) is 5.78 Å². The third kappa shape index (κ3) is 5.43. The Morgan fingerprint density at radius 3 is 2.50 bits per heavy atom. The van der Waals surface area contributed by atoms with Gasteiger partial charge in [0.05, 0.1) is 5.71 Å². The van der Waals surface area contributed by atoms with Gasteiger partial charge in [0.2, 0.25) is 0 Å². The van der Waals surface area contributed by atoms with Crippen LogP contribution in [0.2, 0.25) is 0 Å². The topological polar surface area (TPSA) is 71.0 Å². The second-order valence-electron chi connectivity index (χ2n) is 16.3. The van der Waals surface area contributed by atoms with Gasteiger partial charge in [0.1, 0.15) is 0 Å². The Morgan fingerprint density at radius 1 is 1.07 bits per heavy atom. The van der Waals surface area contributed by atoms with E-state index in [4.69, 9.17) is 4.84 Å². The first-order chi connectivity index (χ1) is 18.6. The first kappa shape index (κ1) is 29.8. The third-order valence-electron chi connectivity index (χ3n) is 12.1. The van der Waals surface area contributed by atoms with E-state index in [-0.39, 0.29) is 22.5 Å². The van der Waals surface area contributed by atoms with Crippen molar-refractivity contribution in [2.45, 2.75) is 131 Å². The molecule has 0 aromatic rings. The van der Waals surface area contributed by atoms with Crippen molar-refractivity contribution in [3.63, 3.8) is 0 Å². The molecule has 6 heteroatoms. The molecule has 1 amide bonds. The van der Waals surface area contributed by atoms with Crippen LogP contribution in [-0.4, -0.2) is 47.2 Å². The van der Waals surface area contributed by atoms with Gasteiger partial charge in [0.25, 0.3) is 0 Å². The molecule has 0 bridgehead atoms. The van der Waals surface area contributed by atoms with Crippen LogP contribution in [0.25, 0.3) is 0 Å². The van der Waals surface area contributed by atoms with Crippen molar-refractivity contribution in [1.29, 1.82) is 0 Å². The number of hydrogen-bond donors (Lipinski definition) is 1. The molecule has 7 atom stereocenters. The zero-order valence-electron chi connectivity index (χ0n) is 26.6. The number of rotatable bonds is 5. The van der Waals surface area contributed by atoms with Crippen molar-refractivity contribution in [3.05, 3.63) is 11.6 Å². The Kier molecular flexibility index (Phi) is 7.85. The van der Waals surface area contributed by atoms with Gasteiger partial charge < -0.3 is 10.2 Å². The lowest BCUT2D eigenvalue weighted by Gasteiger charge is -2.58. The average Bonchev–Trinajstić information content (AvgIpc) is 3.40. The smallest absolute Gasteiger partial charge is 0.313 e. The summed E-state index contributed by atoms with van der Waals surface area (Å²) in [5, 5.41) is 8.16. The molecule has 5 aliphatic rings. The number of carbonyl (C=O) groups excluding carboxylic acids is 2. The van der Waals surface area contributed by atoms with Gasteiger partial charge in [-0.25, -0.2) is 4.79 Å². The number of nitrogens with zero attached hydrogens (tertiary/aromatic N) is 2. The van der Waals surface area contributed by atoms with Crippen LogP contribution in [0, 0.1) is 39.9 Å². The Balaban J connectivity index is 1.24. The van der Waals surface area contributed by atoms with Crippen molar-refractivity contribution in [3.8, 4) is 0 Å². The molecule has 0 aromatic heterocycles. The maximum Gasteiger partial charge on any atom is 0.436 e. The highest BCUT2D eigenvalue weighted by atomic mass is 16.7. The second kappa shape index (κ2) is 10.5. The number of ketones is 1. The van der Waals surface area contributed by atoms with E-state index in [1.807, 2.05) is 11.0 Å². The fourth-order valence-electron chi connectivity index (χ4n) is 9.89. The van der Waals surface area contributed by atoms with Gasteiger partial charge >= 0.3 is 6.09 Å². The van der Waals surface area contributed by atoms with Crippen LogP contribution >= 0.6 is 0 Å². The predicted molar refractivity (Wildman–Crippen MR) is 161 cm³/mol. The minimum atomic E-state index is -0.334. The molecule has 0 aromatic carbocycles. The highest BCUT2D eigenvalue weighted by Gasteiger charge is 2.59. The Labute approximate surface area is 243 Å². The van der Waals surface area contributed by atoms with Crippen LogP contribution in [-0.2, 0) is 9.63 Å². The molecule has 5 rings (SSSR count). The molecule has 224 valence electrons. The standard InChI is InChI=1S/C34H55N3O3/c1-22(36-40-30(39)37(31(2,3)4)18-15-24-20-32(5,6)21-35-24)27-11-12-28-26-10-9-23-19-25(38)13-16-33(23,7)29(26)14-17-34(27,28)8/h19,24,26-29,35H,9-18,20-21H2,1-8H3/b36-22+/t24?,26-,27+,28-,29-,33-,34+/m0/s1. The summed E-state index contributed by atoms with van der Waals surface area (Å²) in [6.07, 6.45) is 12.5. The summed E-state index contributed by atoms with van der Waals surface area (Å²) in [6.45, 7) is 19.5. The van der Waals surface area contributed by atoms with E-state index in [1.165, 1.54) is 31.3 Å². The number of nitrogens with one attached hydrogen (secondary N) is 1. The molecular formula is C34H55N3O3. The van der Waals surface area contributed by atoms with Crippen molar-refractivity contribution >= 4 is 17.6 Å². The molecule has 4 fully saturated rings. The minimum absolute atomic E-state index is 0.202. The molecule has 4 aliphatic carbocycles. The molecule has 3 saturated carbocycles. The van der Waals surface area contributed by atoms with E-state index < -0.39 is 0 Å². The van der Waals surface area contributed by atoms with Crippen LogP contribution < -0.4 is 5.32 Å². The Hall–Kier alpha value is -1.69. The summed E-state index contributed by atoms with van der Waals surface area (Å²) >= 11 is 0. The summed E-state index contributed by atoms with van der Waals surface area (Å²) in [5.41, 5.74) is 2.81. The van der Waals surface area contributed by atoms with Gasteiger partial charge in [-0.2, -0.15) is 0 Å². The largest absolute Gasteiger partial charge is 0.436 e. The van der Waals surface area contributed by atoms with Gasteiger partial charge in [0, 0.05) is 37.0 Å². The molecule has 1 heterocycles. The maximum atomic E-state index is 13.3. The van der Waals surface area contributed by atoms with Crippen molar-refractivity contribution in [2.75, 3.05) is 13.1 Å². The molecule has 1 N–H and O–H groups in total. The monoisotopic (exact) mass is 553 g/mol. The summed E-state index contributed by atoms with van der Waals surface area (Å²) in [5.74, 6) is 2.78. The fourth-order valence-corrected chi connectivity index (χ4v) is 9.89. The fraction of sp³-hybridized carbons (Fsp3) is 0.853. The highest BCUT2D eigenvalue weighted by molar-refractivity contribution is 5.91. The molecule has 40 heavy (non-hydrogen) atoms. The molecule has 0 spiro atoms. The normalized spacial score (nSPS) is 39.2. The van der Waals surface area contributed by atoms with Crippen LogP contribution in [0.1, 0.15) is 120 Å². The van der Waals surface area contributed by atoms with Crippen molar-refractivity contribution < 1.29 is 14.4 Å². The second-order valence-corrected chi connectivity index (χ2v) is 16.3. The number of allylic oxidation sites excluding steroid dienone is 1. The summed E-state index contributed by atoms with van der Waals surface area (Å²) in [7, 11) is 0. The molecule has 6 nitrogen and oxygen atoms in total. The Morgan fingerprint density at radius 2 is 1.82 bits per heavy atom. The van der Waals surface area contributed by atoms with E-state index in [0.29, 0.717) is 48.0 Å². The van der Waals surface area contributed by atoms with Crippen molar-refractivity contribution in [1.82, 2.24) is 10.2 Å². The molecule has 1 unspecified atom stereocenters. The first-order valence-electron chi connectivity index (χ1n) is 16.1. The lowest BCUT2D eigenvalue weighted by molar-refractivity contribution is -0.117. The minimum Gasteiger partial charge on any atom is -0.313 e. The van der Waals surface area contributed by atoms with E-state index in [0.717, 1.165) is 50.3 Å². The van der Waals surface area contributed by atoms with Crippen LogP contribution in [0.5, 0.6) is 0 Å². The van der Waals surface area contributed by atoms with E-state index in [2.05, 4.69) is 65.9 Å². The molecule has 1 aliphatic heterocycles. The number of oxime groups is 1. The molecule has 1 saturated heterocycles. The zero-order valence-corrected chi connectivity index (χ0v) is 26.6.